The summed E-state index contributed by atoms with van der Waals surface area (Å²) in [6, 6.07) is 52.0. The van der Waals surface area contributed by atoms with Gasteiger partial charge in [0, 0.05) is 25.7 Å². The molecule has 15 atom stereocenters. The molecular formula is C66H74N4O17. The highest BCUT2D eigenvalue weighted by atomic mass is 16.8. The third kappa shape index (κ3) is 18.2. The van der Waals surface area contributed by atoms with Crippen molar-refractivity contribution in [1.29, 1.82) is 0 Å². The zero-order chi connectivity index (χ0) is 60.9. The molecule has 21 heteroatoms. The van der Waals surface area contributed by atoms with Gasteiger partial charge in [0.25, 0.3) is 0 Å². The largest absolute Gasteiger partial charge is 0.497 e. The number of carbonyl (C=O) groups is 3. The molecule has 1 amide bonds. The molecule has 6 aromatic rings. The van der Waals surface area contributed by atoms with E-state index in [-0.39, 0.29) is 46.2 Å². The molecule has 3 heterocycles. The smallest absolute Gasteiger partial charge is 0.303 e. The van der Waals surface area contributed by atoms with Gasteiger partial charge >= 0.3 is 11.9 Å². The van der Waals surface area contributed by atoms with Crippen LogP contribution < -0.4 is 14.8 Å². The van der Waals surface area contributed by atoms with Crippen LogP contribution in [0, 0.1) is 0 Å². The van der Waals surface area contributed by atoms with E-state index in [1.54, 1.807) is 31.4 Å². The van der Waals surface area contributed by atoms with Crippen molar-refractivity contribution in [2.75, 3.05) is 20.3 Å². The predicted molar refractivity (Wildman–Crippen MR) is 314 cm³/mol. The number of carbonyl (C=O) groups excluding carboxylic acids is 3. The van der Waals surface area contributed by atoms with Gasteiger partial charge < -0.3 is 71.6 Å². The van der Waals surface area contributed by atoms with Gasteiger partial charge in [0.15, 0.2) is 24.8 Å². The van der Waals surface area contributed by atoms with Crippen LogP contribution in [0.2, 0.25) is 0 Å². The molecule has 1 N–H and O–H groups in total. The third-order valence-corrected chi connectivity index (χ3v) is 14.7. The van der Waals surface area contributed by atoms with Crippen LogP contribution in [0.3, 0.4) is 0 Å². The summed E-state index contributed by atoms with van der Waals surface area (Å²) in [5.41, 5.74) is 14.3. The topological polar surface area (TPSA) is 241 Å². The lowest BCUT2D eigenvalue weighted by molar-refractivity contribution is -0.372. The standard InChI is InChI=1S/C66H74N4O17/c1-42-57(77-37-48-25-15-8-16-26-48)61(78-38-49-27-17-9-18-28-49)62(79-39-50-29-19-10-20-30-50)65(80-42)87-60-56(68-43(2)71)64(83-52-33-31-51(74-5)32-34-52)85-54(41-76-36-47-23-13-7-14-24-47)58(60)86-66-63(82-45(4)73)59(81-44(3)72)55(69-70-67)53(84-66)40-75-35-46-21-11-6-12-22-46/h6-34,42,53-66H,35-41H2,1-5H3,(H,68,71)/t42-,53+,54+,55-,56+,57+,58+,59-,60+,61+,62-,63+,64+,65-,66-/m0/s1. The Labute approximate surface area is 505 Å². The van der Waals surface area contributed by atoms with Gasteiger partial charge in [0.05, 0.1) is 65.6 Å². The molecule has 0 aromatic heterocycles. The lowest BCUT2D eigenvalue weighted by Crippen LogP contribution is -2.70. The minimum atomic E-state index is -1.68. The molecule has 21 nitrogen and oxygen atoms in total. The van der Waals surface area contributed by atoms with E-state index in [1.165, 1.54) is 13.8 Å². The van der Waals surface area contributed by atoms with Crippen molar-refractivity contribution in [3.63, 3.8) is 0 Å². The Hall–Kier alpha value is -7.76. The van der Waals surface area contributed by atoms with Crippen molar-refractivity contribution in [3.8, 4) is 11.5 Å². The quantitative estimate of drug-likeness (QED) is 0.0208. The summed E-state index contributed by atoms with van der Waals surface area (Å²) < 4.78 is 93.1. The highest BCUT2D eigenvalue weighted by Gasteiger charge is 2.58. The van der Waals surface area contributed by atoms with Crippen LogP contribution >= 0.6 is 0 Å². The van der Waals surface area contributed by atoms with Crippen LogP contribution in [0.5, 0.6) is 11.5 Å². The number of esters is 2. The second-order valence-corrected chi connectivity index (χ2v) is 21.1. The van der Waals surface area contributed by atoms with Crippen LogP contribution in [0.15, 0.2) is 181 Å². The fraction of sp³-hybridized carbons (Fsp3) is 0.409. The Balaban J connectivity index is 1.17. The van der Waals surface area contributed by atoms with Crippen molar-refractivity contribution >= 4 is 17.8 Å². The van der Waals surface area contributed by atoms with E-state index in [2.05, 4.69) is 15.3 Å². The number of nitrogens with zero attached hydrogens (tertiary/aromatic N) is 3. The minimum absolute atomic E-state index is 0.0687. The maximum absolute atomic E-state index is 13.8. The Morgan fingerprint density at radius 1 is 0.483 bits per heavy atom. The average molecular weight is 1200 g/mol. The molecule has 6 aromatic carbocycles. The summed E-state index contributed by atoms with van der Waals surface area (Å²) in [5, 5.41) is 7.08. The molecule has 0 saturated carbocycles. The molecule has 3 fully saturated rings. The zero-order valence-electron chi connectivity index (χ0n) is 49.1. The fourth-order valence-corrected chi connectivity index (χ4v) is 10.6. The third-order valence-electron chi connectivity index (χ3n) is 14.7. The lowest BCUT2D eigenvalue weighted by atomic mass is 9.93. The summed E-state index contributed by atoms with van der Waals surface area (Å²) >= 11 is 0. The average Bonchev–Trinajstić information content (AvgIpc) is 1.13. The number of hydrogen-bond acceptors (Lipinski definition) is 18. The Bertz CT molecular complexity index is 3100. The van der Waals surface area contributed by atoms with Gasteiger partial charge in [-0.05, 0) is 64.5 Å². The lowest BCUT2D eigenvalue weighted by Gasteiger charge is -2.51. The number of ether oxygens (including phenoxy) is 14. The van der Waals surface area contributed by atoms with Crippen molar-refractivity contribution < 1.29 is 80.7 Å². The summed E-state index contributed by atoms with van der Waals surface area (Å²) in [6.07, 6.45) is -16.3. The Morgan fingerprint density at radius 2 is 0.908 bits per heavy atom. The van der Waals surface area contributed by atoms with E-state index in [0.717, 1.165) is 34.7 Å². The number of amides is 1. The fourth-order valence-electron chi connectivity index (χ4n) is 10.6. The van der Waals surface area contributed by atoms with E-state index in [4.69, 9.17) is 66.3 Å². The number of hydrogen-bond donors (Lipinski definition) is 1. The van der Waals surface area contributed by atoms with Crippen LogP contribution in [-0.4, -0.2) is 130 Å². The molecule has 0 spiro atoms. The van der Waals surface area contributed by atoms with E-state index in [0.29, 0.717) is 11.5 Å². The zero-order valence-corrected chi connectivity index (χ0v) is 49.1. The van der Waals surface area contributed by atoms with Crippen LogP contribution in [0.4, 0.5) is 0 Å². The summed E-state index contributed by atoms with van der Waals surface area (Å²) in [6.45, 7) is 5.71. The second-order valence-electron chi connectivity index (χ2n) is 21.1. The van der Waals surface area contributed by atoms with E-state index >= 15 is 0 Å². The monoisotopic (exact) mass is 1190 g/mol. The minimum Gasteiger partial charge on any atom is -0.497 e. The Kier molecular flexibility index (Phi) is 23.7. The molecule has 460 valence electrons. The summed E-state index contributed by atoms with van der Waals surface area (Å²) in [4.78, 5) is 43.4. The van der Waals surface area contributed by atoms with Gasteiger partial charge in [0.2, 0.25) is 12.2 Å². The first-order valence-electron chi connectivity index (χ1n) is 28.9. The first-order valence-corrected chi connectivity index (χ1v) is 28.9. The van der Waals surface area contributed by atoms with E-state index < -0.39 is 110 Å². The second kappa shape index (κ2) is 32.3. The maximum atomic E-state index is 13.8. The van der Waals surface area contributed by atoms with Gasteiger partial charge in [-0.1, -0.05) is 157 Å². The molecule has 3 aliphatic rings. The molecule has 9 rings (SSSR count). The molecular weight excluding hydrogens is 1120 g/mol. The van der Waals surface area contributed by atoms with Gasteiger partial charge in [-0.25, -0.2) is 0 Å². The van der Waals surface area contributed by atoms with Crippen LogP contribution in [-0.2, 0) is 104 Å². The van der Waals surface area contributed by atoms with E-state index in [9.17, 15) is 19.9 Å². The number of benzene rings is 6. The molecule has 0 radical (unpaired) electrons. The predicted octanol–water partition coefficient (Wildman–Crippen LogP) is 9.28. The molecule has 0 aliphatic carbocycles. The highest BCUT2D eigenvalue weighted by molar-refractivity contribution is 5.73. The van der Waals surface area contributed by atoms with Gasteiger partial charge in [-0.2, -0.15) is 0 Å². The summed E-state index contributed by atoms with van der Waals surface area (Å²) in [5.74, 6) is -1.24. The first-order chi connectivity index (χ1) is 42.4. The van der Waals surface area contributed by atoms with Crippen LogP contribution in [0.25, 0.3) is 10.4 Å². The molecule has 3 aliphatic heterocycles. The highest BCUT2D eigenvalue weighted by Crippen LogP contribution is 2.39. The number of nitrogens with one attached hydrogen (secondary N) is 1. The normalized spacial score (nSPS) is 27.0. The van der Waals surface area contributed by atoms with Gasteiger partial charge in [-0.15, -0.1) is 0 Å². The van der Waals surface area contributed by atoms with Crippen molar-refractivity contribution in [2.24, 2.45) is 5.11 Å². The number of methoxy groups -OCH3 is 1. The maximum Gasteiger partial charge on any atom is 0.303 e. The number of azide groups is 1. The van der Waals surface area contributed by atoms with Crippen molar-refractivity contribution in [1.82, 2.24) is 5.32 Å². The molecule has 3 saturated heterocycles. The van der Waals surface area contributed by atoms with Crippen molar-refractivity contribution in [3.05, 3.63) is 214 Å². The molecule has 0 bridgehead atoms. The van der Waals surface area contributed by atoms with Crippen LogP contribution in [0.1, 0.15) is 55.5 Å². The van der Waals surface area contributed by atoms with Crippen molar-refractivity contribution in [2.45, 2.75) is 153 Å². The number of rotatable bonds is 28. The van der Waals surface area contributed by atoms with E-state index in [1.807, 2.05) is 159 Å². The van der Waals surface area contributed by atoms with Gasteiger partial charge in [-0.3, -0.25) is 14.4 Å². The first kappa shape index (κ1) is 63.7. The summed E-state index contributed by atoms with van der Waals surface area (Å²) in [7, 11) is 1.54. The molecule has 0 unspecified atom stereocenters. The molecule has 87 heavy (non-hydrogen) atoms. The Morgan fingerprint density at radius 3 is 1.39 bits per heavy atom. The SMILES string of the molecule is COc1ccc(O[C@@H]2O[C@H](COCc3ccccc3)[C@@H](O[C@@H]3O[C@H](COCc4ccccc4)[C@H](N=[N+]=[N-])[C@H](OC(C)=O)[C@H]3OC(C)=O)[C@H](O[C@@H]3O[C@@H](C)[C@@H](OCc4ccccc4)[C@@H](OCc4ccccc4)[C@@H]3OCc3ccccc3)[C@H]2NC(C)=O)cc1. The van der Waals surface area contributed by atoms with Gasteiger partial charge in [0.1, 0.15) is 60.2 Å².